The second-order valence-corrected chi connectivity index (χ2v) is 9.00. The molecular formula is C20H32O2. The first kappa shape index (κ1) is 15.2. The van der Waals surface area contributed by atoms with Crippen LogP contribution >= 0.6 is 0 Å². The van der Waals surface area contributed by atoms with Crippen LogP contribution in [0, 0.1) is 28.6 Å². The van der Waals surface area contributed by atoms with Crippen molar-refractivity contribution >= 4 is 0 Å². The maximum absolute atomic E-state index is 10.5. The van der Waals surface area contributed by atoms with Crippen LogP contribution in [-0.4, -0.2) is 24.4 Å². The lowest BCUT2D eigenvalue weighted by molar-refractivity contribution is -0.0731. The van der Waals surface area contributed by atoms with Crippen molar-refractivity contribution in [3.8, 4) is 0 Å². The molecule has 3 saturated carbocycles. The van der Waals surface area contributed by atoms with Gasteiger partial charge >= 0.3 is 0 Å². The zero-order chi connectivity index (χ0) is 15.5. The third-order valence-electron chi connectivity index (χ3n) is 8.34. The van der Waals surface area contributed by atoms with Gasteiger partial charge in [0.05, 0.1) is 12.2 Å². The van der Waals surface area contributed by atoms with Crippen LogP contribution in [-0.2, 0) is 4.74 Å². The molecule has 4 aliphatic rings. The minimum absolute atomic E-state index is 0.0548. The molecule has 22 heavy (non-hydrogen) atoms. The van der Waals surface area contributed by atoms with E-state index in [2.05, 4.69) is 19.9 Å². The fourth-order valence-electron chi connectivity index (χ4n) is 6.80. The maximum atomic E-state index is 10.5. The van der Waals surface area contributed by atoms with Crippen LogP contribution in [0.5, 0.6) is 0 Å². The summed E-state index contributed by atoms with van der Waals surface area (Å²) in [4.78, 5) is 0. The van der Waals surface area contributed by atoms with Crippen molar-refractivity contribution in [1.29, 1.82) is 0 Å². The Balaban J connectivity index is 1.64. The van der Waals surface area contributed by atoms with Crippen LogP contribution < -0.4 is 0 Å². The minimum atomic E-state index is -0.0548. The van der Waals surface area contributed by atoms with Gasteiger partial charge in [-0.05, 0) is 80.0 Å². The average Bonchev–Trinajstić information content (AvgIpc) is 2.82. The van der Waals surface area contributed by atoms with Crippen LogP contribution in [0.3, 0.4) is 0 Å². The number of fused-ring (bicyclic) bond motifs is 5. The number of methoxy groups -OCH3 is 1. The lowest BCUT2D eigenvalue weighted by Gasteiger charge is -2.57. The number of aliphatic hydroxyl groups excluding tert-OH is 1. The molecule has 1 N–H and O–H groups in total. The number of aliphatic hydroxyl groups is 1. The van der Waals surface area contributed by atoms with Gasteiger partial charge in [-0.3, -0.25) is 0 Å². The van der Waals surface area contributed by atoms with Crippen LogP contribution in [0.25, 0.3) is 0 Å². The number of ether oxygens (including phenoxy) is 1. The van der Waals surface area contributed by atoms with E-state index in [-0.39, 0.29) is 11.5 Å². The van der Waals surface area contributed by atoms with Crippen molar-refractivity contribution in [3.63, 3.8) is 0 Å². The van der Waals surface area contributed by atoms with E-state index in [9.17, 15) is 5.11 Å². The van der Waals surface area contributed by atoms with Gasteiger partial charge in [-0.25, -0.2) is 0 Å². The summed E-state index contributed by atoms with van der Waals surface area (Å²) in [5, 5.41) is 10.5. The number of rotatable bonds is 1. The van der Waals surface area contributed by atoms with Gasteiger partial charge in [-0.15, -0.1) is 0 Å². The van der Waals surface area contributed by atoms with Crippen molar-refractivity contribution in [3.05, 3.63) is 11.6 Å². The molecule has 2 nitrogen and oxygen atoms in total. The summed E-state index contributed by atoms with van der Waals surface area (Å²) in [6.07, 6.45) is 12.7. The van der Waals surface area contributed by atoms with Gasteiger partial charge in [-0.2, -0.15) is 0 Å². The van der Waals surface area contributed by atoms with Gasteiger partial charge in [0.25, 0.3) is 0 Å². The summed E-state index contributed by atoms with van der Waals surface area (Å²) in [6, 6.07) is 0. The smallest absolute Gasteiger partial charge is 0.0608 e. The molecule has 0 radical (unpaired) electrons. The van der Waals surface area contributed by atoms with E-state index in [1.54, 1.807) is 5.57 Å². The van der Waals surface area contributed by atoms with Crippen LogP contribution in [0.15, 0.2) is 11.6 Å². The molecule has 2 heteroatoms. The summed E-state index contributed by atoms with van der Waals surface area (Å²) in [5.41, 5.74) is 2.30. The molecule has 4 rings (SSSR count). The largest absolute Gasteiger partial charge is 0.393 e. The van der Waals surface area contributed by atoms with Gasteiger partial charge < -0.3 is 9.84 Å². The normalized spacial score (nSPS) is 54.2. The van der Waals surface area contributed by atoms with Crippen LogP contribution in [0.2, 0.25) is 0 Å². The van der Waals surface area contributed by atoms with Crippen LogP contribution in [0.4, 0.5) is 0 Å². The zero-order valence-electron chi connectivity index (χ0n) is 14.5. The number of hydrogen-bond acceptors (Lipinski definition) is 2. The Morgan fingerprint density at radius 3 is 2.68 bits per heavy atom. The molecule has 3 fully saturated rings. The molecule has 0 bridgehead atoms. The summed E-state index contributed by atoms with van der Waals surface area (Å²) >= 11 is 0. The minimum Gasteiger partial charge on any atom is -0.393 e. The quantitative estimate of drug-likeness (QED) is 0.731. The standard InChI is InChI=1S/C20H32O2/c1-19-10-8-14(22-3)12-13(19)4-5-15-16-6-7-18(21)20(16,2)11-9-17(15)19/h4,14-18,21H,5-12H2,1-3H3/t14-,15+,16+,17+,18+,19+,20+/m1/s1. The van der Waals surface area contributed by atoms with Crippen molar-refractivity contribution in [2.45, 2.75) is 77.4 Å². The second-order valence-electron chi connectivity index (χ2n) is 9.00. The lowest BCUT2D eigenvalue weighted by atomic mass is 9.48. The molecule has 124 valence electrons. The van der Waals surface area contributed by atoms with Crippen molar-refractivity contribution in [2.24, 2.45) is 28.6 Å². The summed E-state index contributed by atoms with van der Waals surface area (Å²) in [5.74, 6) is 2.40. The fraction of sp³-hybridized carbons (Fsp3) is 0.900. The average molecular weight is 304 g/mol. The highest BCUT2D eigenvalue weighted by Gasteiger charge is 2.58. The zero-order valence-corrected chi connectivity index (χ0v) is 14.5. The monoisotopic (exact) mass is 304 g/mol. The van der Waals surface area contributed by atoms with Crippen molar-refractivity contribution in [1.82, 2.24) is 0 Å². The first-order valence-electron chi connectivity index (χ1n) is 9.39. The first-order chi connectivity index (χ1) is 10.5. The van der Waals surface area contributed by atoms with Crippen LogP contribution in [0.1, 0.15) is 65.2 Å². The third-order valence-corrected chi connectivity index (χ3v) is 8.34. The van der Waals surface area contributed by atoms with Gasteiger partial charge in [-0.1, -0.05) is 25.5 Å². The molecule has 0 saturated heterocycles. The van der Waals surface area contributed by atoms with E-state index >= 15 is 0 Å². The predicted octanol–water partition coefficient (Wildman–Crippen LogP) is 4.33. The molecule has 4 aliphatic carbocycles. The van der Waals surface area contributed by atoms with E-state index in [1.165, 1.54) is 38.5 Å². The summed E-state index contributed by atoms with van der Waals surface area (Å²) < 4.78 is 5.65. The predicted molar refractivity (Wildman–Crippen MR) is 88.5 cm³/mol. The van der Waals surface area contributed by atoms with E-state index in [1.807, 2.05) is 7.11 Å². The Labute approximate surface area is 135 Å². The molecule has 0 aliphatic heterocycles. The Morgan fingerprint density at radius 2 is 1.91 bits per heavy atom. The molecule has 7 atom stereocenters. The molecule has 0 unspecified atom stereocenters. The van der Waals surface area contributed by atoms with Gasteiger partial charge in [0.1, 0.15) is 0 Å². The first-order valence-corrected chi connectivity index (χ1v) is 9.39. The fourth-order valence-corrected chi connectivity index (χ4v) is 6.80. The van der Waals surface area contributed by atoms with E-state index in [4.69, 9.17) is 4.74 Å². The molecule has 0 heterocycles. The Hall–Kier alpha value is -0.340. The van der Waals surface area contributed by atoms with Gasteiger partial charge in [0.2, 0.25) is 0 Å². The van der Waals surface area contributed by atoms with Gasteiger partial charge in [0, 0.05) is 7.11 Å². The Kier molecular flexibility index (Phi) is 3.51. The number of hydrogen-bond donors (Lipinski definition) is 1. The topological polar surface area (TPSA) is 29.5 Å². The maximum Gasteiger partial charge on any atom is 0.0608 e. The molecular weight excluding hydrogens is 272 g/mol. The highest BCUT2D eigenvalue weighted by molar-refractivity contribution is 5.25. The molecule has 0 spiro atoms. The molecule has 0 aromatic rings. The Morgan fingerprint density at radius 1 is 1.09 bits per heavy atom. The van der Waals surface area contributed by atoms with E-state index in [0.29, 0.717) is 11.5 Å². The molecule has 0 amide bonds. The highest BCUT2D eigenvalue weighted by Crippen LogP contribution is 2.64. The highest BCUT2D eigenvalue weighted by atomic mass is 16.5. The van der Waals surface area contributed by atoms with Gasteiger partial charge in [0.15, 0.2) is 0 Å². The molecule has 0 aromatic carbocycles. The SMILES string of the molecule is CO[C@@H]1CC[C@@]2(C)C(=CC[C@H]3[C@@H]4CC[C@H](O)[C@@]4(C)CC[C@@H]32)C1. The molecule has 0 aromatic heterocycles. The second kappa shape index (κ2) is 5.08. The van der Waals surface area contributed by atoms with Crippen molar-refractivity contribution in [2.75, 3.05) is 7.11 Å². The Bertz CT molecular complexity index is 484. The third kappa shape index (κ3) is 1.92. The van der Waals surface area contributed by atoms with E-state index < -0.39 is 0 Å². The summed E-state index contributed by atoms with van der Waals surface area (Å²) in [6.45, 7) is 4.91. The van der Waals surface area contributed by atoms with E-state index in [0.717, 1.165) is 30.6 Å². The number of allylic oxidation sites excluding steroid dienone is 1. The summed E-state index contributed by atoms with van der Waals surface area (Å²) in [7, 11) is 1.87. The lowest BCUT2D eigenvalue weighted by Crippen LogP contribution is -2.51. The van der Waals surface area contributed by atoms with Crippen molar-refractivity contribution < 1.29 is 9.84 Å².